The molecule has 0 saturated carbocycles. The summed E-state index contributed by atoms with van der Waals surface area (Å²) in [5.74, 6) is 7.28. The van der Waals surface area contributed by atoms with Crippen molar-refractivity contribution in [3.05, 3.63) is 24.0 Å². The molecule has 2 atom stereocenters. The van der Waals surface area contributed by atoms with Crippen LogP contribution in [0, 0.1) is 11.8 Å². The fraction of sp³-hybridized carbons (Fsp3) is 0.588. The van der Waals surface area contributed by atoms with Gasteiger partial charge in [-0.05, 0) is 38.9 Å². The number of nitrogens with zero attached hydrogens (tertiary/aromatic N) is 2. The first kappa shape index (κ1) is 16.6. The molecule has 1 aromatic heterocycles. The number of pyridine rings is 1. The van der Waals surface area contributed by atoms with Gasteiger partial charge in [-0.1, -0.05) is 47.8 Å². The zero-order valence-corrected chi connectivity index (χ0v) is 15.0. The fourth-order valence-corrected chi connectivity index (χ4v) is 3.21. The molecule has 0 radical (unpaired) electrons. The van der Waals surface area contributed by atoms with Gasteiger partial charge in [0.15, 0.2) is 0 Å². The number of likely N-dealkylation sites (tertiary alicyclic amines) is 1. The molecule has 0 aliphatic carbocycles. The maximum Gasteiger partial charge on any atom is 0.138 e. The van der Waals surface area contributed by atoms with Gasteiger partial charge in [0.1, 0.15) is 12.4 Å². The van der Waals surface area contributed by atoms with Crippen molar-refractivity contribution in [2.24, 2.45) is 0 Å². The van der Waals surface area contributed by atoms with E-state index in [0.717, 1.165) is 24.3 Å². The van der Waals surface area contributed by atoms with Gasteiger partial charge in [0.05, 0.1) is 10.1 Å². The van der Waals surface area contributed by atoms with Crippen LogP contribution < -0.4 is 4.74 Å². The summed E-state index contributed by atoms with van der Waals surface area (Å²) in [6.07, 6.45) is 8.36. The average molecular weight is 398 g/mol. The Morgan fingerprint density at radius 1 is 1.52 bits per heavy atom. The number of ether oxygens (including phenoxy) is 1. The van der Waals surface area contributed by atoms with E-state index in [4.69, 9.17) is 4.74 Å². The van der Waals surface area contributed by atoms with E-state index < -0.39 is 0 Å². The molecule has 21 heavy (non-hydrogen) atoms. The number of hydrogen-bond donors (Lipinski definition) is 0. The molecular weight excluding hydrogens is 375 g/mol. The zero-order valence-electron chi connectivity index (χ0n) is 12.8. The van der Waals surface area contributed by atoms with Gasteiger partial charge in [-0.15, -0.1) is 0 Å². The molecule has 0 bridgehead atoms. The molecule has 1 aliphatic heterocycles. The van der Waals surface area contributed by atoms with Crippen LogP contribution in [0.15, 0.2) is 18.5 Å². The van der Waals surface area contributed by atoms with Crippen molar-refractivity contribution >= 4 is 22.6 Å². The van der Waals surface area contributed by atoms with Crippen LogP contribution in [-0.2, 0) is 0 Å². The third-order valence-electron chi connectivity index (χ3n) is 3.74. The van der Waals surface area contributed by atoms with Gasteiger partial charge in [0.25, 0.3) is 0 Å². The van der Waals surface area contributed by atoms with E-state index in [2.05, 4.69) is 58.3 Å². The van der Waals surface area contributed by atoms with Gasteiger partial charge < -0.3 is 9.64 Å². The Hall–Kier alpha value is -0.800. The van der Waals surface area contributed by atoms with Gasteiger partial charge in [-0.2, -0.15) is 0 Å². The molecular formula is C17H23IN2O. The molecule has 1 saturated heterocycles. The number of hydrogen-bond acceptors (Lipinski definition) is 3. The van der Waals surface area contributed by atoms with Gasteiger partial charge in [-0.3, -0.25) is 4.98 Å². The number of alkyl halides is 1. The van der Waals surface area contributed by atoms with Crippen molar-refractivity contribution in [2.45, 2.75) is 42.6 Å². The Morgan fingerprint density at radius 3 is 3.10 bits per heavy atom. The Kier molecular flexibility index (Phi) is 6.78. The molecule has 2 rings (SSSR count). The highest BCUT2D eigenvalue weighted by Gasteiger charge is 2.21. The number of halogens is 1. The van der Waals surface area contributed by atoms with Gasteiger partial charge in [0.2, 0.25) is 0 Å². The van der Waals surface area contributed by atoms with Gasteiger partial charge in [-0.25, -0.2) is 0 Å². The van der Waals surface area contributed by atoms with Crippen molar-refractivity contribution < 1.29 is 4.74 Å². The minimum Gasteiger partial charge on any atom is -0.490 e. The van der Waals surface area contributed by atoms with Crippen LogP contribution in [0.25, 0.3) is 0 Å². The molecule has 1 fully saturated rings. The van der Waals surface area contributed by atoms with Crippen LogP contribution in [0.2, 0.25) is 0 Å². The third-order valence-corrected chi connectivity index (χ3v) is 4.68. The Bertz CT molecular complexity index is 509. The second-order valence-corrected chi connectivity index (χ2v) is 7.03. The predicted octanol–water partition coefficient (Wildman–Crippen LogP) is 3.51. The van der Waals surface area contributed by atoms with Crippen LogP contribution in [0.4, 0.5) is 0 Å². The van der Waals surface area contributed by atoms with Crippen LogP contribution in [0.5, 0.6) is 5.75 Å². The lowest BCUT2D eigenvalue weighted by Gasteiger charge is -2.19. The average Bonchev–Trinajstić information content (AvgIpc) is 2.89. The third kappa shape index (κ3) is 5.48. The molecule has 0 N–H and O–H groups in total. The first-order chi connectivity index (χ1) is 10.2. The minimum absolute atomic E-state index is 0.407. The highest BCUT2D eigenvalue weighted by Crippen LogP contribution is 2.17. The van der Waals surface area contributed by atoms with Crippen molar-refractivity contribution in [3.63, 3.8) is 0 Å². The molecule has 1 unspecified atom stereocenters. The largest absolute Gasteiger partial charge is 0.490 e. The Labute approximate surface area is 141 Å². The summed E-state index contributed by atoms with van der Waals surface area (Å²) in [5.41, 5.74) is 0.935. The van der Waals surface area contributed by atoms with Gasteiger partial charge in [0, 0.05) is 17.8 Å². The molecule has 3 nitrogen and oxygen atoms in total. The highest BCUT2D eigenvalue weighted by molar-refractivity contribution is 14.1. The van der Waals surface area contributed by atoms with Crippen molar-refractivity contribution in [2.75, 3.05) is 20.2 Å². The fourth-order valence-electron chi connectivity index (χ4n) is 2.44. The summed E-state index contributed by atoms with van der Waals surface area (Å²) >= 11 is 2.39. The summed E-state index contributed by atoms with van der Waals surface area (Å²) in [5, 5.41) is 0. The number of likely N-dealkylation sites (N-methyl/N-ethyl adjacent to an activating group) is 1. The molecule has 114 valence electrons. The van der Waals surface area contributed by atoms with E-state index >= 15 is 0 Å². The van der Waals surface area contributed by atoms with Crippen molar-refractivity contribution in [1.82, 2.24) is 9.88 Å². The first-order valence-corrected chi connectivity index (χ1v) is 8.87. The summed E-state index contributed by atoms with van der Waals surface area (Å²) in [4.78, 5) is 6.59. The molecule has 4 heteroatoms. The maximum atomic E-state index is 5.88. The predicted molar refractivity (Wildman–Crippen MR) is 95.0 cm³/mol. The van der Waals surface area contributed by atoms with E-state index in [-0.39, 0.29) is 0 Å². The molecule has 1 aliphatic rings. The lowest BCUT2D eigenvalue weighted by molar-refractivity contribution is 0.198. The summed E-state index contributed by atoms with van der Waals surface area (Å²) in [7, 11) is 2.16. The summed E-state index contributed by atoms with van der Waals surface area (Å²) in [6.45, 7) is 4.09. The second kappa shape index (κ2) is 8.60. The second-order valence-electron chi connectivity index (χ2n) is 5.52. The van der Waals surface area contributed by atoms with Crippen LogP contribution in [0.1, 0.15) is 38.2 Å². The molecule has 0 aromatic carbocycles. The zero-order chi connectivity index (χ0) is 15.1. The Morgan fingerprint density at radius 2 is 2.38 bits per heavy atom. The first-order valence-electron chi connectivity index (χ1n) is 7.62. The van der Waals surface area contributed by atoms with Crippen LogP contribution in [0.3, 0.4) is 0 Å². The standard InChI is InChI=1S/C17H23IN2O/c1-3-5-15(18)8-7-14-10-17(12-19-11-14)21-13-16-6-4-9-20(16)2/h10-12,15-16H,3-6,9,13H2,1-2H3/t15?,16-/m0/s1. The lowest BCUT2D eigenvalue weighted by Crippen LogP contribution is -2.30. The highest BCUT2D eigenvalue weighted by atomic mass is 127. The number of rotatable bonds is 5. The molecule has 0 spiro atoms. The van der Waals surface area contributed by atoms with Gasteiger partial charge >= 0.3 is 0 Å². The van der Waals surface area contributed by atoms with E-state index in [0.29, 0.717) is 9.97 Å². The Balaban J connectivity index is 1.91. The van der Waals surface area contributed by atoms with E-state index in [1.54, 1.807) is 12.4 Å². The minimum atomic E-state index is 0.407. The normalized spacial score (nSPS) is 19.9. The van der Waals surface area contributed by atoms with Crippen LogP contribution >= 0.6 is 22.6 Å². The quantitative estimate of drug-likeness (QED) is 0.431. The summed E-state index contributed by atoms with van der Waals surface area (Å²) < 4.78 is 6.29. The van der Waals surface area contributed by atoms with Crippen LogP contribution in [-0.4, -0.2) is 40.0 Å². The SMILES string of the molecule is CCCC(I)C#Cc1cncc(OC[C@@H]2CCCN2C)c1. The van der Waals surface area contributed by atoms with E-state index in [1.165, 1.54) is 25.8 Å². The molecule has 2 heterocycles. The van der Waals surface area contributed by atoms with E-state index in [1.807, 2.05) is 6.07 Å². The topological polar surface area (TPSA) is 25.4 Å². The maximum absolute atomic E-state index is 5.88. The number of aromatic nitrogens is 1. The lowest BCUT2D eigenvalue weighted by atomic mass is 10.2. The van der Waals surface area contributed by atoms with Crippen molar-refractivity contribution in [3.8, 4) is 17.6 Å². The van der Waals surface area contributed by atoms with E-state index in [9.17, 15) is 0 Å². The molecule has 1 aromatic rings. The molecule has 0 amide bonds. The monoisotopic (exact) mass is 398 g/mol. The van der Waals surface area contributed by atoms with Crippen molar-refractivity contribution in [1.29, 1.82) is 0 Å². The smallest absolute Gasteiger partial charge is 0.138 e. The summed E-state index contributed by atoms with van der Waals surface area (Å²) in [6, 6.07) is 2.52.